The Morgan fingerprint density at radius 2 is 1.05 bits per heavy atom. The molecular formula is C45H56F4N2O10. The monoisotopic (exact) mass is 860 g/mol. The number of ether oxygens (including phenoxy) is 3. The van der Waals surface area contributed by atoms with Crippen LogP contribution in [0.15, 0.2) is 66.7 Å². The van der Waals surface area contributed by atoms with Crippen LogP contribution in [0.3, 0.4) is 0 Å². The molecule has 12 nitrogen and oxygen atoms in total. The lowest BCUT2D eigenvalue weighted by molar-refractivity contribution is -0.193. The van der Waals surface area contributed by atoms with E-state index >= 15 is 0 Å². The molecule has 0 aliphatic carbocycles. The molecule has 5 rings (SSSR count). The molecule has 2 aliphatic rings. The maximum Gasteiger partial charge on any atom is 0.410 e. The fourth-order valence-electron chi connectivity index (χ4n) is 6.96. The Hall–Kier alpha value is -5.40. The number of hydrogen-bond acceptors (Lipinski definition) is 10. The van der Waals surface area contributed by atoms with Crippen molar-refractivity contribution in [1.29, 1.82) is 0 Å². The van der Waals surface area contributed by atoms with Crippen LogP contribution in [0, 0.1) is 23.3 Å². The number of hydrogen-bond donors (Lipinski definition) is 1. The van der Waals surface area contributed by atoms with Gasteiger partial charge in [-0.25, -0.2) is 27.2 Å². The van der Waals surface area contributed by atoms with E-state index in [0.29, 0.717) is 62.9 Å². The third kappa shape index (κ3) is 19.7. The first kappa shape index (κ1) is 51.7. The number of aliphatic hydroxyl groups is 1. The molecule has 16 heteroatoms. The summed E-state index contributed by atoms with van der Waals surface area (Å²) in [6.45, 7) is 12.5. The largest absolute Gasteiger partial charge is 0.444 e. The number of nitrogens with zero attached hydrogens (tertiary/aromatic N) is 2. The van der Waals surface area contributed by atoms with E-state index in [2.05, 4.69) is 0 Å². The summed E-state index contributed by atoms with van der Waals surface area (Å²) in [6, 6.07) is 16.3. The van der Waals surface area contributed by atoms with Crippen molar-refractivity contribution in [2.24, 2.45) is 0 Å². The fourth-order valence-corrected chi connectivity index (χ4v) is 6.96. The van der Waals surface area contributed by atoms with Gasteiger partial charge in [-0.2, -0.15) is 19.2 Å². The first-order valence-corrected chi connectivity index (χ1v) is 19.9. The highest BCUT2D eigenvalue weighted by Crippen LogP contribution is 2.29. The number of amides is 2. The van der Waals surface area contributed by atoms with Gasteiger partial charge in [0.15, 0.2) is 0 Å². The Morgan fingerprint density at radius 3 is 1.48 bits per heavy atom. The molecule has 2 heterocycles. The van der Waals surface area contributed by atoms with Gasteiger partial charge in [0, 0.05) is 25.2 Å². The summed E-state index contributed by atoms with van der Waals surface area (Å²) in [5.74, 6) is -2.44. The number of aryl methyl sites for hydroxylation is 2. The number of aliphatic hydroxyl groups excluding tert-OH is 1. The molecule has 0 radical (unpaired) electrons. The minimum Gasteiger partial charge on any atom is -0.444 e. The van der Waals surface area contributed by atoms with Crippen LogP contribution in [-0.2, 0) is 52.8 Å². The Labute approximate surface area is 354 Å². The summed E-state index contributed by atoms with van der Waals surface area (Å²) >= 11 is 0. The van der Waals surface area contributed by atoms with Crippen LogP contribution in [0.2, 0.25) is 0 Å². The van der Waals surface area contributed by atoms with Crippen LogP contribution in [-0.4, -0.2) is 88.0 Å². The molecule has 0 spiro atoms. The van der Waals surface area contributed by atoms with E-state index in [0.717, 1.165) is 37.0 Å². The average Bonchev–Trinajstić information content (AvgIpc) is 3.85. The molecule has 334 valence electrons. The smallest absolute Gasteiger partial charge is 0.410 e. The predicted octanol–water partition coefficient (Wildman–Crippen LogP) is 8.37. The van der Waals surface area contributed by atoms with E-state index in [1.54, 1.807) is 30.6 Å². The van der Waals surface area contributed by atoms with Gasteiger partial charge in [0.25, 0.3) is 0 Å². The topological polar surface area (TPSA) is 157 Å². The van der Waals surface area contributed by atoms with E-state index < -0.39 is 46.7 Å². The third-order valence-corrected chi connectivity index (χ3v) is 9.33. The Bertz CT molecular complexity index is 1840. The number of rotatable bonds is 11. The molecule has 2 fully saturated rings. The van der Waals surface area contributed by atoms with Crippen molar-refractivity contribution in [3.8, 4) is 0 Å². The van der Waals surface area contributed by atoms with Crippen molar-refractivity contribution in [3.63, 3.8) is 0 Å². The van der Waals surface area contributed by atoms with Crippen LogP contribution in [0.1, 0.15) is 96.8 Å². The van der Waals surface area contributed by atoms with Gasteiger partial charge in [-0.15, -0.1) is 0 Å². The molecule has 0 unspecified atom stereocenters. The van der Waals surface area contributed by atoms with Gasteiger partial charge in [0.1, 0.15) is 34.5 Å². The number of likely N-dealkylation sites (tertiary alicyclic amines) is 2. The normalized spacial score (nSPS) is 16.8. The van der Waals surface area contributed by atoms with E-state index in [1.165, 1.54) is 24.3 Å². The highest BCUT2D eigenvalue weighted by Gasteiger charge is 2.38. The van der Waals surface area contributed by atoms with Gasteiger partial charge in [-0.05, 0) is 134 Å². The van der Waals surface area contributed by atoms with Crippen LogP contribution in [0.5, 0.6) is 0 Å². The van der Waals surface area contributed by atoms with Crippen LogP contribution >= 0.6 is 0 Å². The summed E-state index contributed by atoms with van der Waals surface area (Å²) in [7, 11) is 0. The lowest BCUT2D eigenvalue weighted by atomic mass is 9.99. The quantitative estimate of drug-likeness (QED) is 0.186. The van der Waals surface area contributed by atoms with E-state index in [9.17, 15) is 32.3 Å². The minimum atomic E-state index is -0.758. The van der Waals surface area contributed by atoms with Gasteiger partial charge < -0.3 is 29.1 Å². The molecule has 61 heavy (non-hydrogen) atoms. The lowest BCUT2D eigenvalue weighted by Gasteiger charge is -2.33. The van der Waals surface area contributed by atoms with E-state index in [4.69, 9.17) is 33.4 Å². The summed E-state index contributed by atoms with van der Waals surface area (Å²) in [6.07, 6.45) is 3.51. The first-order chi connectivity index (χ1) is 28.7. The molecular weight excluding hydrogens is 804 g/mol. The molecule has 3 aromatic carbocycles. The SMILES string of the molecule is CC(C)(C)OC(=O)N1CCC[C@@H]1[C@@H](O)CCc1cc(F)cc(F)c1.CC(C)(C)OC(=O)N1CCC[C@@H]1[C@H](CCc1cc(F)cc(F)c1)OCc1ccccc1.O=C=O.O=C=O. The van der Waals surface area contributed by atoms with E-state index in [1.807, 2.05) is 51.1 Å². The maximum absolute atomic E-state index is 13.6. The van der Waals surface area contributed by atoms with Gasteiger partial charge in [-0.1, -0.05) is 30.3 Å². The minimum absolute atomic E-state index is 0.142. The number of carbonyl (C=O) groups is 2. The zero-order valence-electron chi connectivity index (χ0n) is 35.5. The van der Waals surface area contributed by atoms with Gasteiger partial charge in [0.05, 0.1) is 30.9 Å². The number of carbonyl (C=O) groups excluding carboxylic acids is 6. The van der Waals surface area contributed by atoms with Crippen molar-refractivity contribution in [2.75, 3.05) is 13.1 Å². The lowest BCUT2D eigenvalue weighted by Crippen LogP contribution is -2.46. The summed E-state index contributed by atoms with van der Waals surface area (Å²) in [5, 5.41) is 10.4. The predicted molar refractivity (Wildman–Crippen MR) is 212 cm³/mol. The molecule has 2 saturated heterocycles. The highest BCUT2D eigenvalue weighted by atomic mass is 19.1. The van der Waals surface area contributed by atoms with Crippen molar-refractivity contribution in [3.05, 3.63) is 107 Å². The van der Waals surface area contributed by atoms with Gasteiger partial charge in [0.2, 0.25) is 0 Å². The summed E-state index contributed by atoms with van der Waals surface area (Å²) < 4.78 is 70.9. The molecule has 1 N–H and O–H groups in total. The summed E-state index contributed by atoms with van der Waals surface area (Å²) in [4.78, 5) is 60.8. The van der Waals surface area contributed by atoms with Crippen LogP contribution < -0.4 is 0 Å². The number of halogens is 4. The van der Waals surface area contributed by atoms with Crippen molar-refractivity contribution >= 4 is 24.5 Å². The van der Waals surface area contributed by atoms with E-state index in [-0.39, 0.29) is 36.6 Å². The first-order valence-electron chi connectivity index (χ1n) is 19.9. The van der Waals surface area contributed by atoms with Gasteiger partial charge >= 0.3 is 24.5 Å². The third-order valence-electron chi connectivity index (χ3n) is 9.33. The Morgan fingerprint density at radius 1 is 0.656 bits per heavy atom. The number of benzene rings is 3. The molecule has 2 amide bonds. The van der Waals surface area contributed by atoms with Crippen molar-refractivity contribution in [1.82, 2.24) is 9.80 Å². The maximum atomic E-state index is 13.6. The molecule has 0 saturated carbocycles. The molecule has 3 aromatic rings. The summed E-state index contributed by atoms with van der Waals surface area (Å²) in [5.41, 5.74) is 0.935. The van der Waals surface area contributed by atoms with Crippen molar-refractivity contribution in [2.45, 2.75) is 135 Å². The van der Waals surface area contributed by atoms with Crippen molar-refractivity contribution < 1.29 is 65.6 Å². The highest BCUT2D eigenvalue weighted by molar-refractivity contribution is 5.69. The molecule has 4 atom stereocenters. The molecule has 2 aliphatic heterocycles. The van der Waals surface area contributed by atoms with Crippen LogP contribution in [0.4, 0.5) is 27.2 Å². The second kappa shape index (κ2) is 25.4. The van der Waals surface area contributed by atoms with Gasteiger partial charge in [-0.3, -0.25) is 0 Å². The Kier molecular flexibility index (Phi) is 21.5. The fraction of sp³-hybridized carbons (Fsp3) is 0.511. The standard InChI is InChI=1S/C25H31F2NO3.C18H25F2NO3.2CO2/c1-25(2,3)31-24(29)28-13-7-10-22(28)23(30-17-18-8-5-4-6-9-18)12-11-19-14-20(26)16-21(27)15-19;1-18(2,3)24-17(23)21-8-4-5-15(21)16(22)7-6-12-9-13(19)11-14(20)10-12;2*2-1-3/h4-6,8-9,14-16,22-23H,7,10-13,17H2,1-3H3;9-11,15-16,22H,4-8H2,1-3H3;;/t22-,23+;15-,16+;;/m11../s1. The Balaban J connectivity index is 0.000000381. The molecule has 0 aromatic heterocycles. The zero-order chi connectivity index (χ0) is 45.8. The molecule has 0 bridgehead atoms. The second-order valence-corrected chi connectivity index (χ2v) is 16.5. The van der Waals surface area contributed by atoms with Crippen LogP contribution in [0.25, 0.3) is 0 Å². The average molecular weight is 861 g/mol. The second-order valence-electron chi connectivity index (χ2n) is 16.5. The zero-order valence-corrected chi connectivity index (χ0v) is 35.5.